The van der Waals surface area contributed by atoms with Crippen molar-refractivity contribution in [2.75, 3.05) is 6.61 Å². The average molecular weight is 362 g/mol. The Labute approximate surface area is 148 Å². The molecule has 130 valence electrons. The smallest absolute Gasteiger partial charge is 0.224 e. The number of ether oxygens (including phenoxy) is 1. The topological polar surface area (TPSA) is 101 Å². The molecule has 2 aromatic heterocycles. The number of aliphatic hydroxyl groups excluding tert-OH is 3. The van der Waals surface area contributed by atoms with Gasteiger partial charge in [-0.15, -0.1) is 0 Å². The first-order valence-electron chi connectivity index (χ1n) is 7.82. The van der Waals surface area contributed by atoms with Crippen molar-refractivity contribution in [3.05, 3.63) is 47.9 Å². The summed E-state index contributed by atoms with van der Waals surface area (Å²) in [5.41, 5.74) is 2.03. The molecular formula is C17H16ClN3O4. The Morgan fingerprint density at radius 1 is 1.08 bits per heavy atom. The van der Waals surface area contributed by atoms with Crippen molar-refractivity contribution in [1.29, 1.82) is 0 Å². The van der Waals surface area contributed by atoms with E-state index in [-0.39, 0.29) is 11.9 Å². The Morgan fingerprint density at radius 2 is 1.84 bits per heavy atom. The van der Waals surface area contributed by atoms with Crippen LogP contribution < -0.4 is 0 Å². The molecule has 8 heteroatoms. The van der Waals surface area contributed by atoms with Gasteiger partial charge in [-0.25, -0.2) is 4.98 Å². The number of nitrogens with zero attached hydrogens (tertiary/aromatic N) is 3. The van der Waals surface area contributed by atoms with Gasteiger partial charge in [0, 0.05) is 17.1 Å². The molecular weight excluding hydrogens is 346 g/mol. The van der Waals surface area contributed by atoms with Crippen LogP contribution in [0.25, 0.3) is 22.3 Å². The van der Waals surface area contributed by atoms with Crippen molar-refractivity contribution >= 4 is 22.6 Å². The van der Waals surface area contributed by atoms with Crippen LogP contribution in [0.4, 0.5) is 0 Å². The summed E-state index contributed by atoms with van der Waals surface area (Å²) in [7, 11) is 0. The zero-order chi connectivity index (χ0) is 17.6. The second-order valence-electron chi connectivity index (χ2n) is 5.90. The van der Waals surface area contributed by atoms with Crippen molar-refractivity contribution in [3.8, 4) is 11.3 Å². The van der Waals surface area contributed by atoms with E-state index in [2.05, 4.69) is 9.97 Å². The SMILES string of the molecule is OC[C@H]1O[C@@H](n2ccc3c(-c4ccccc4)nc(Cl)nc32)C(O)C1O. The fraction of sp³-hybridized carbons (Fsp3) is 0.294. The van der Waals surface area contributed by atoms with Crippen molar-refractivity contribution < 1.29 is 20.1 Å². The summed E-state index contributed by atoms with van der Waals surface area (Å²) in [6, 6.07) is 11.4. The van der Waals surface area contributed by atoms with Gasteiger partial charge in [-0.3, -0.25) is 0 Å². The highest BCUT2D eigenvalue weighted by atomic mass is 35.5. The van der Waals surface area contributed by atoms with Crippen LogP contribution in [0.1, 0.15) is 6.23 Å². The lowest BCUT2D eigenvalue weighted by molar-refractivity contribution is -0.0508. The third kappa shape index (κ3) is 2.70. The minimum absolute atomic E-state index is 0.0676. The number of hydrogen-bond donors (Lipinski definition) is 3. The minimum atomic E-state index is -1.19. The van der Waals surface area contributed by atoms with Gasteiger partial charge in [0.25, 0.3) is 0 Å². The number of aromatic nitrogens is 3. The maximum atomic E-state index is 10.3. The van der Waals surface area contributed by atoms with Crippen LogP contribution in [0.3, 0.4) is 0 Å². The molecule has 4 rings (SSSR count). The van der Waals surface area contributed by atoms with Gasteiger partial charge in [0.15, 0.2) is 6.23 Å². The van der Waals surface area contributed by atoms with Gasteiger partial charge in [0.1, 0.15) is 24.0 Å². The summed E-state index contributed by atoms with van der Waals surface area (Å²) < 4.78 is 7.18. The fourth-order valence-corrected chi connectivity index (χ4v) is 3.30. The predicted octanol–water partition coefficient (Wildman–Crippen LogP) is 1.36. The molecule has 0 radical (unpaired) electrons. The second kappa shape index (κ2) is 6.36. The Balaban J connectivity index is 1.84. The maximum absolute atomic E-state index is 10.3. The molecule has 1 fully saturated rings. The molecule has 1 aliphatic heterocycles. The first-order chi connectivity index (χ1) is 12.1. The highest BCUT2D eigenvalue weighted by Gasteiger charge is 2.43. The highest BCUT2D eigenvalue weighted by Crippen LogP contribution is 2.34. The molecule has 4 atom stereocenters. The van der Waals surface area contributed by atoms with E-state index in [1.54, 1.807) is 10.8 Å². The number of aliphatic hydroxyl groups is 3. The predicted molar refractivity (Wildman–Crippen MR) is 91.0 cm³/mol. The summed E-state index contributed by atoms with van der Waals surface area (Å²) in [5.74, 6) is 0. The van der Waals surface area contributed by atoms with Gasteiger partial charge in [-0.2, -0.15) is 4.98 Å². The number of hydrogen-bond acceptors (Lipinski definition) is 6. The minimum Gasteiger partial charge on any atom is -0.394 e. The molecule has 0 bridgehead atoms. The Morgan fingerprint density at radius 3 is 2.52 bits per heavy atom. The molecule has 2 unspecified atom stereocenters. The summed E-state index contributed by atoms with van der Waals surface area (Å²) in [6.45, 7) is -0.390. The van der Waals surface area contributed by atoms with E-state index in [1.807, 2.05) is 36.4 Å². The molecule has 1 aliphatic rings. The quantitative estimate of drug-likeness (QED) is 0.609. The third-order valence-corrected chi connectivity index (χ3v) is 4.55. The fourth-order valence-electron chi connectivity index (χ4n) is 3.14. The lowest BCUT2D eigenvalue weighted by Crippen LogP contribution is -2.33. The van der Waals surface area contributed by atoms with Gasteiger partial charge >= 0.3 is 0 Å². The van der Waals surface area contributed by atoms with E-state index >= 15 is 0 Å². The Bertz CT molecular complexity index is 902. The number of halogens is 1. The standard InChI is InChI=1S/C17H16ClN3O4/c18-17-19-12(9-4-2-1-3-5-9)10-6-7-21(15(10)20-17)16-14(24)13(23)11(8-22)25-16/h1-7,11,13-14,16,22-24H,8H2/t11-,13?,14?,16-/m1/s1. The molecule has 25 heavy (non-hydrogen) atoms. The van der Waals surface area contributed by atoms with Gasteiger partial charge in [-0.1, -0.05) is 30.3 Å². The normalized spacial score (nSPS) is 26.4. The highest BCUT2D eigenvalue weighted by molar-refractivity contribution is 6.28. The monoisotopic (exact) mass is 361 g/mol. The summed E-state index contributed by atoms with van der Waals surface area (Å²) in [5, 5.41) is 30.3. The molecule has 3 heterocycles. The van der Waals surface area contributed by atoms with Crippen LogP contribution in [0.5, 0.6) is 0 Å². The molecule has 0 aliphatic carbocycles. The summed E-state index contributed by atoms with van der Waals surface area (Å²) >= 11 is 6.10. The number of benzene rings is 1. The van der Waals surface area contributed by atoms with Crippen LogP contribution in [0.2, 0.25) is 5.28 Å². The molecule has 3 aromatic rings. The van der Waals surface area contributed by atoms with Crippen molar-refractivity contribution in [2.45, 2.75) is 24.5 Å². The van der Waals surface area contributed by atoms with Crippen LogP contribution in [0, 0.1) is 0 Å². The van der Waals surface area contributed by atoms with Gasteiger partial charge in [0.2, 0.25) is 5.28 Å². The van der Waals surface area contributed by atoms with Crippen LogP contribution in [-0.4, -0.2) is 54.8 Å². The molecule has 7 nitrogen and oxygen atoms in total. The van der Waals surface area contributed by atoms with Crippen molar-refractivity contribution in [1.82, 2.24) is 14.5 Å². The van der Waals surface area contributed by atoms with E-state index in [9.17, 15) is 15.3 Å². The van der Waals surface area contributed by atoms with Gasteiger partial charge in [-0.05, 0) is 17.7 Å². The van der Waals surface area contributed by atoms with Crippen LogP contribution in [0.15, 0.2) is 42.6 Å². The molecule has 0 amide bonds. The van der Waals surface area contributed by atoms with E-state index in [0.29, 0.717) is 11.3 Å². The van der Waals surface area contributed by atoms with Crippen molar-refractivity contribution in [3.63, 3.8) is 0 Å². The number of fused-ring (bicyclic) bond motifs is 1. The van der Waals surface area contributed by atoms with Crippen LogP contribution in [-0.2, 0) is 4.74 Å². The molecule has 1 saturated heterocycles. The first-order valence-corrected chi connectivity index (χ1v) is 8.20. The summed E-state index contributed by atoms with van der Waals surface area (Å²) in [6.07, 6.45) is -2.41. The number of rotatable bonds is 3. The van der Waals surface area contributed by atoms with E-state index in [0.717, 1.165) is 10.9 Å². The Kier molecular flexibility index (Phi) is 4.18. The maximum Gasteiger partial charge on any atom is 0.224 e. The lowest BCUT2D eigenvalue weighted by Gasteiger charge is -2.17. The second-order valence-corrected chi connectivity index (χ2v) is 6.23. The largest absolute Gasteiger partial charge is 0.394 e. The van der Waals surface area contributed by atoms with E-state index in [1.165, 1.54) is 0 Å². The average Bonchev–Trinajstić information content (AvgIpc) is 3.16. The Hall–Kier alpha value is -2.03. The van der Waals surface area contributed by atoms with Gasteiger partial charge < -0.3 is 24.6 Å². The zero-order valence-electron chi connectivity index (χ0n) is 13.0. The van der Waals surface area contributed by atoms with E-state index < -0.39 is 24.5 Å². The summed E-state index contributed by atoms with van der Waals surface area (Å²) in [4.78, 5) is 8.58. The van der Waals surface area contributed by atoms with Gasteiger partial charge in [0.05, 0.1) is 12.3 Å². The molecule has 0 spiro atoms. The molecule has 0 saturated carbocycles. The zero-order valence-corrected chi connectivity index (χ0v) is 13.8. The van der Waals surface area contributed by atoms with Crippen molar-refractivity contribution in [2.24, 2.45) is 0 Å². The molecule has 1 aromatic carbocycles. The van der Waals surface area contributed by atoms with Crippen LogP contribution >= 0.6 is 11.6 Å². The lowest BCUT2D eigenvalue weighted by atomic mass is 10.1. The first kappa shape index (κ1) is 16.4. The van der Waals surface area contributed by atoms with E-state index in [4.69, 9.17) is 16.3 Å². The third-order valence-electron chi connectivity index (χ3n) is 4.38. The molecule has 3 N–H and O–H groups in total.